The molecule has 1 atom stereocenters. The standard InChI is InChI=1S/C12H18N2O5S/c1-8(3-6-12(15)16)14-10-7-9(20(13,17)18)4-5-11(10)19-2/h4-5,7-8,14H,3,6H2,1-2H3,(H,15,16)(H2,13,17,18). The number of nitrogens with two attached hydrogens (primary N) is 1. The summed E-state index contributed by atoms with van der Waals surface area (Å²) in [5, 5.41) is 16.7. The lowest BCUT2D eigenvalue weighted by molar-refractivity contribution is -0.137. The number of rotatable bonds is 7. The fourth-order valence-corrected chi connectivity index (χ4v) is 2.19. The number of carboxylic acid groups (broad SMARTS) is 1. The summed E-state index contributed by atoms with van der Waals surface area (Å²) >= 11 is 0. The predicted octanol–water partition coefficient (Wildman–Crippen LogP) is 1.01. The van der Waals surface area contributed by atoms with Gasteiger partial charge in [-0.2, -0.15) is 0 Å². The van der Waals surface area contributed by atoms with Crippen LogP contribution in [-0.2, 0) is 14.8 Å². The Labute approximate surface area is 117 Å². The molecule has 0 aliphatic carbocycles. The van der Waals surface area contributed by atoms with Crippen LogP contribution < -0.4 is 15.2 Å². The highest BCUT2D eigenvalue weighted by atomic mass is 32.2. The SMILES string of the molecule is COc1ccc(S(N)(=O)=O)cc1NC(C)CCC(=O)O. The fourth-order valence-electron chi connectivity index (χ4n) is 1.65. The summed E-state index contributed by atoms with van der Waals surface area (Å²) in [4.78, 5) is 10.5. The van der Waals surface area contributed by atoms with Crippen molar-refractivity contribution in [1.82, 2.24) is 0 Å². The highest BCUT2D eigenvalue weighted by Gasteiger charge is 2.14. The van der Waals surface area contributed by atoms with Crippen molar-refractivity contribution in [2.45, 2.75) is 30.7 Å². The highest BCUT2D eigenvalue weighted by Crippen LogP contribution is 2.28. The van der Waals surface area contributed by atoms with E-state index < -0.39 is 16.0 Å². The molecular weight excluding hydrogens is 284 g/mol. The topological polar surface area (TPSA) is 119 Å². The first-order valence-corrected chi connectivity index (χ1v) is 7.48. The van der Waals surface area contributed by atoms with Crippen LogP contribution in [-0.4, -0.2) is 32.6 Å². The van der Waals surface area contributed by atoms with Crippen LogP contribution in [0.5, 0.6) is 5.75 Å². The van der Waals surface area contributed by atoms with E-state index in [4.69, 9.17) is 15.0 Å². The van der Waals surface area contributed by atoms with E-state index in [1.54, 1.807) is 6.92 Å². The van der Waals surface area contributed by atoms with E-state index >= 15 is 0 Å². The van der Waals surface area contributed by atoms with Gasteiger partial charge in [-0.25, -0.2) is 13.6 Å². The number of primary sulfonamides is 1. The Hall–Kier alpha value is -1.80. The van der Waals surface area contributed by atoms with E-state index in [-0.39, 0.29) is 17.4 Å². The van der Waals surface area contributed by atoms with Crippen LogP contribution in [0.1, 0.15) is 19.8 Å². The highest BCUT2D eigenvalue weighted by molar-refractivity contribution is 7.89. The Kier molecular flexibility index (Phi) is 5.34. The molecule has 1 aromatic carbocycles. The van der Waals surface area contributed by atoms with Gasteiger partial charge in [-0.05, 0) is 31.5 Å². The second-order valence-corrected chi connectivity index (χ2v) is 5.95. The number of anilines is 1. The molecule has 0 aliphatic heterocycles. The molecule has 0 aromatic heterocycles. The third-order valence-electron chi connectivity index (χ3n) is 2.69. The maximum absolute atomic E-state index is 11.3. The predicted molar refractivity (Wildman–Crippen MR) is 74.3 cm³/mol. The van der Waals surface area contributed by atoms with E-state index in [1.807, 2.05) is 0 Å². The van der Waals surface area contributed by atoms with Gasteiger partial charge in [-0.3, -0.25) is 4.79 Å². The number of aliphatic carboxylic acids is 1. The molecule has 8 heteroatoms. The van der Waals surface area contributed by atoms with Crippen molar-refractivity contribution in [3.63, 3.8) is 0 Å². The second kappa shape index (κ2) is 6.58. The normalized spacial score (nSPS) is 12.8. The van der Waals surface area contributed by atoms with Crippen LogP contribution in [0.15, 0.2) is 23.1 Å². The fraction of sp³-hybridized carbons (Fsp3) is 0.417. The molecule has 112 valence electrons. The van der Waals surface area contributed by atoms with Gasteiger partial charge < -0.3 is 15.2 Å². The van der Waals surface area contributed by atoms with Gasteiger partial charge >= 0.3 is 5.97 Å². The minimum Gasteiger partial charge on any atom is -0.495 e. The number of hydrogen-bond donors (Lipinski definition) is 3. The Morgan fingerprint density at radius 3 is 2.65 bits per heavy atom. The number of carbonyl (C=O) groups is 1. The molecule has 0 radical (unpaired) electrons. The maximum Gasteiger partial charge on any atom is 0.303 e. The number of methoxy groups -OCH3 is 1. The number of hydrogen-bond acceptors (Lipinski definition) is 5. The van der Waals surface area contributed by atoms with Crippen molar-refractivity contribution in [2.75, 3.05) is 12.4 Å². The Morgan fingerprint density at radius 1 is 1.50 bits per heavy atom. The van der Waals surface area contributed by atoms with E-state index in [0.29, 0.717) is 17.9 Å². The number of sulfonamides is 1. The summed E-state index contributed by atoms with van der Waals surface area (Å²) in [6.07, 6.45) is 0.420. The number of nitrogens with one attached hydrogen (secondary N) is 1. The number of ether oxygens (including phenoxy) is 1. The summed E-state index contributed by atoms with van der Waals surface area (Å²) in [5.41, 5.74) is 0.455. The first-order chi connectivity index (χ1) is 9.24. The largest absolute Gasteiger partial charge is 0.495 e. The minimum absolute atomic E-state index is 0.0192. The van der Waals surface area contributed by atoms with E-state index in [2.05, 4.69) is 5.32 Å². The Morgan fingerprint density at radius 2 is 2.15 bits per heavy atom. The summed E-state index contributed by atoms with van der Waals surface area (Å²) in [5.74, 6) is -0.427. The molecule has 4 N–H and O–H groups in total. The lowest BCUT2D eigenvalue weighted by Gasteiger charge is -2.17. The van der Waals surface area contributed by atoms with Crippen molar-refractivity contribution < 1.29 is 23.1 Å². The molecule has 0 amide bonds. The minimum atomic E-state index is -3.80. The number of carboxylic acids is 1. The molecule has 1 rings (SSSR count). The van der Waals surface area contributed by atoms with Gasteiger partial charge in [0.2, 0.25) is 10.0 Å². The summed E-state index contributed by atoms with van der Waals surface area (Å²) in [7, 11) is -2.34. The number of benzene rings is 1. The average Bonchev–Trinajstić information content (AvgIpc) is 2.35. The van der Waals surface area contributed by atoms with Gasteiger partial charge in [-0.15, -0.1) is 0 Å². The van der Waals surface area contributed by atoms with Crippen LogP contribution in [0.3, 0.4) is 0 Å². The van der Waals surface area contributed by atoms with Crippen molar-refractivity contribution in [2.24, 2.45) is 5.14 Å². The third-order valence-corrected chi connectivity index (χ3v) is 3.60. The average molecular weight is 302 g/mol. The van der Waals surface area contributed by atoms with Gasteiger partial charge in [0.05, 0.1) is 17.7 Å². The van der Waals surface area contributed by atoms with Crippen LogP contribution in [0.25, 0.3) is 0 Å². The van der Waals surface area contributed by atoms with E-state index in [9.17, 15) is 13.2 Å². The molecule has 0 bridgehead atoms. The van der Waals surface area contributed by atoms with Crippen molar-refractivity contribution in [3.8, 4) is 5.75 Å². The maximum atomic E-state index is 11.3. The molecule has 20 heavy (non-hydrogen) atoms. The van der Waals surface area contributed by atoms with Crippen LogP contribution in [0, 0.1) is 0 Å². The van der Waals surface area contributed by atoms with E-state index in [1.165, 1.54) is 25.3 Å². The summed E-state index contributed by atoms with van der Waals surface area (Å²) in [6, 6.07) is 4.05. The quantitative estimate of drug-likeness (QED) is 0.691. The van der Waals surface area contributed by atoms with Crippen molar-refractivity contribution >= 4 is 21.7 Å². The van der Waals surface area contributed by atoms with Gasteiger partial charge in [0.1, 0.15) is 5.75 Å². The molecule has 0 saturated heterocycles. The summed E-state index contributed by atoms with van der Waals surface area (Å²) < 4.78 is 27.8. The Balaban J connectivity index is 2.94. The molecular formula is C12H18N2O5S. The first-order valence-electron chi connectivity index (χ1n) is 5.93. The molecule has 7 nitrogen and oxygen atoms in total. The first kappa shape index (κ1) is 16.3. The van der Waals surface area contributed by atoms with Crippen LogP contribution in [0.2, 0.25) is 0 Å². The molecule has 0 aliphatic rings. The third kappa shape index (κ3) is 4.71. The molecule has 1 unspecified atom stereocenters. The lowest BCUT2D eigenvalue weighted by Crippen LogP contribution is -2.18. The zero-order valence-corrected chi connectivity index (χ0v) is 12.1. The second-order valence-electron chi connectivity index (χ2n) is 4.38. The van der Waals surface area contributed by atoms with E-state index in [0.717, 1.165) is 0 Å². The molecule has 0 saturated carbocycles. The van der Waals surface area contributed by atoms with Crippen LogP contribution in [0.4, 0.5) is 5.69 Å². The van der Waals surface area contributed by atoms with Crippen molar-refractivity contribution in [3.05, 3.63) is 18.2 Å². The zero-order valence-electron chi connectivity index (χ0n) is 11.3. The monoisotopic (exact) mass is 302 g/mol. The van der Waals surface area contributed by atoms with Gasteiger partial charge in [0.25, 0.3) is 0 Å². The smallest absolute Gasteiger partial charge is 0.303 e. The molecule has 0 heterocycles. The van der Waals surface area contributed by atoms with Crippen molar-refractivity contribution in [1.29, 1.82) is 0 Å². The van der Waals surface area contributed by atoms with Gasteiger partial charge in [0.15, 0.2) is 0 Å². The Bertz CT molecular complexity index is 586. The van der Waals surface area contributed by atoms with Gasteiger partial charge in [0, 0.05) is 12.5 Å². The zero-order chi connectivity index (χ0) is 15.3. The van der Waals surface area contributed by atoms with Crippen LogP contribution >= 0.6 is 0 Å². The summed E-state index contributed by atoms with van der Waals surface area (Å²) in [6.45, 7) is 1.80. The lowest BCUT2D eigenvalue weighted by atomic mass is 10.1. The molecule has 0 fully saturated rings. The van der Waals surface area contributed by atoms with Gasteiger partial charge in [-0.1, -0.05) is 0 Å². The molecule has 1 aromatic rings. The molecule has 0 spiro atoms.